The third-order valence-corrected chi connectivity index (χ3v) is 5.07. The van der Waals surface area contributed by atoms with Crippen LogP contribution in [0.25, 0.3) is 0 Å². The number of likely N-dealkylation sites (tertiary alicyclic amines) is 1. The average molecular weight is 363 g/mol. The van der Waals surface area contributed by atoms with Crippen LogP contribution in [0.3, 0.4) is 0 Å². The Hall–Kier alpha value is -1.83. The quantitative estimate of drug-likeness (QED) is 0.718. The number of hydrogen-bond donors (Lipinski definition) is 3. The molecule has 26 heavy (non-hydrogen) atoms. The fourth-order valence-electron chi connectivity index (χ4n) is 3.23. The lowest BCUT2D eigenvalue weighted by Gasteiger charge is -2.36. The number of aliphatic hydroxyl groups is 1. The number of benzene rings is 1. The van der Waals surface area contributed by atoms with E-state index in [2.05, 4.69) is 15.5 Å². The lowest BCUT2D eigenvalue weighted by atomic mass is 9.92. The van der Waals surface area contributed by atoms with Crippen LogP contribution in [-0.4, -0.2) is 67.6 Å². The third-order valence-electron chi connectivity index (χ3n) is 5.07. The van der Waals surface area contributed by atoms with E-state index in [0.717, 1.165) is 38.3 Å². The predicted molar refractivity (Wildman–Crippen MR) is 99.6 cm³/mol. The smallest absolute Gasteiger partial charge is 0.319 e. The van der Waals surface area contributed by atoms with Gasteiger partial charge in [0.15, 0.2) is 0 Å². The molecule has 0 aromatic heterocycles. The Labute approximate surface area is 154 Å². The molecule has 3 N–H and O–H groups in total. The molecule has 0 bridgehead atoms. The van der Waals surface area contributed by atoms with Crippen LogP contribution in [0.2, 0.25) is 0 Å². The Kier molecular flexibility index (Phi) is 6.34. The first kappa shape index (κ1) is 18.9. The fourth-order valence-corrected chi connectivity index (χ4v) is 3.23. The minimum atomic E-state index is -0.816. The molecule has 7 heteroatoms. The van der Waals surface area contributed by atoms with Gasteiger partial charge in [-0.25, -0.2) is 4.79 Å². The van der Waals surface area contributed by atoms with E-state index in [4.69, 9.17) is 9.47 Å². The van der Waals surface area contributed by atoms with Crippen LogP contribution in [-0.2, 0) is 4.74 Å². The molecule has 144 valence electrons. The van der Waals surface area contributed by atoms with Gasteiger partial charge in [-0.15, -0.1) is 0 Å². The third kappa shape index (κ3) is 5.59. The maximum Gasteiger partial charge on any atom is 0.319 e. The van der Waals surface area contributed by atoms with Crippen LogP contribution in [0.5, 0.6) is 5.75 Å². The van der Waals surface area contributed by atoms with Crippen LogP contribution >= 0.6 is 0 Å². The van der Waals surface area contributed by atoms with Gasteiger partial charge in [0, 0.05) is 31.9 Å². The van der Waals surface area contributed by atoms with E-state index in [1.54, 1.807) is 12.1 Å². The lowest BCUT2D eigenvalue weighted by Crippen LogP contribution is -2.50. The van der Waals surface area contributed by atoms with Gasteiger partial charge >= 0.3 is 6.03 Å². The number of nitrogens with one attached hydrogen (secondary N) is 2. The largest absolute Gasteiger partial charge is 0.491 e. The van der Waals surface area contributed by atoms with Gasteiger partial charge in [-0.1, -0.05) is 0 Å². The van der Waals surface area contributed by atoms with Gasteiger partial charge in [0.1, 0.15) is 12.4 Å². The normalized spacial score (nSPS) is 22.8. The zero-order valence-electron chi connectivity index (χ0n) is 15.4. The first-order chi connectivity index (χ1) is 12.5. The van der Waals surface area contributed by atoms with E-state index in [-0.39, 0.29) is 18.7 Å². The summed E-state index contributed by atoms with van der Waals surface area (Å²) in [5, 5.41) is 16.0. The Morgan fingerprint density at radius 1 is 1.35 bits per heavy atom. The standard InChI is InChI=1S/C19H29N3O4/c1-22-10-8-19(24,9-11-22)14-20-18(23)21-15-4-6-16(7-5-15)26-13-17-3-2-12-25-17/h4-7,17,24H,2-3,8-14H2,1H3,(H2,20,21,23). The van der Waals surface area contributed by atoms with E-state index < -0.39 is 5.60 Å². The SMILES string of the molecule is CN1CCC(O)(CNC(=O)Nc2ccc(OCC3CCCO3)cc2)CC1. The van der Waals surface area contributed by atoms with E-state index in [1.165, 1.54) is 0 Å². The van der Waals surface area contributed by atoms with Crippen molar-refractivity contribution < 1.29 is 19.4 Å². The molecular formula is C19H29N3O4. The number of hydrogen-bond acceptors (Lipinski definition) is 5. The molecule has 2 saturated heterocycles. The number of anilines is 1. The van der Waals surface area contributed by atoms with Gasteiger partial charge in [-0.2, -0.15) is 0 Å². The molecule has 1 aromatic rings. The molecule has 2 amide bonds. The molecule has 0 aliphatic carbocycles. The number of carbonyl (C=O) groups excluding carboxylic acids is 1. The number of nitrogens with zero attached hydrogens (tertiary/aromatic N) is 1. The summed E-state index contributed by atoms with van der Waals surface area (Å²) >= 11 is 0. The Balaban J connectivity index is 1.39. The molecule has 2 fully saturated rings. The Morgan fingerprint density at radius 2 is 2.08 bits per heavy atom. The highest BCUT2D eigenvalue weighted by atomic mass is 16.5. The lowest BCUT2D eigenvalue weighted by molar-refractivity contribution is -0.0120. The molecule has 2 heterocycles. The molecule has 7 nitrogen and oxygen atoms in total. The van der Waals surface area contributed by atoms with Crippen molar-refractivity contribution in [2.45, 2.75) is 37.4 Å². The van der Waals surface area contributed by atoms with Crippen molar-refractivity contribution in [3.63, 3.8) is 0 Å². The number of urea groups is 1. The second kappa shape index (κ2) is 8.70. The highest BCUT2D eigenvalue weighted by Gasteiger charge is 2.31. The molecular weight excluding hydrogens is 334 g/mol. The maximum atomic E-state index is 12.1. The molecule has 0 radical (unpaired) electrons. The second-order valence-corrected chi connectivity index (χ2v) is 7.31. The van der Waals surface area contributed by atoms with Gasteiger partial charge in [0.05, 0.1) is 11.7 Å². The molecule has 1 atom stereocenters. The summed E-state index contributed by atoms with van der Waals surface area (Å²) in [6.45, 7) is 3.31. The summed E-state index contributed by atoms with van der Waals surface area (Å²) in [6.07, 6.45) is 3.66. The zero-order valence-corrected chi connectivity index (χ0v) is 15.4. The van der Waals surface area contributed by atoms with Gasteiger partial charge in [0.2, 0.25) is 0 Å². The minimum Gasteiger partial charge on any atom is -0.491 e. The summed E-state index contributed by atoms with van der Waals surface area (Å²) in [7, 11) is 2.04. The van der Waals surface area contributed by atoms with Crippen molar-refractivity contribution in [3.05, 3.63) is 24.3 Å². The van der Waals surface area contributed by atoms with Crippen molar-refractivity contribution in [2.75, 3.05) is 45.2 Å². The zero-order chi connectivity index (χ0) is 18.4. The number of piperidine rings is 1. The van der Waals surface area contributed by atoms with Crippen molar-refractivity contribution in [1.82, 2.24) is 10.2 Å². The number of amides is 2. The van der Waals surface area contributed by atoms with Crippen molar-refractivity contribution in [2.24, 2.45) is 0 Å². The van der Waals surface area contributed by atoms with Crippen LogP contribution in [0, 0.1) is 0 Å². The molecule has 0 spiro atoms. The Bertz CT molecular complexity index is 579. The second-order valence-electron chi connectivity index (χ2n) is 7.31. The number of carbonyl (C=O) groups is 1. The average Bonchev–Trinajstić information content (AvgIpc) is 3.16. The van der Waals surface area contributed by atoms with E-state index in [9.17, 15) is 9.90 Å². The summed E-state index contributed by atoms with van der Waals surface area (Å²) < 4.78 is 11.2. The van der Waals surface area contributed by atoms with Crippen molar-refractivity contribution in [3.8, 4) is 5.75 Å². The topological polar surface area (TPSA) is 83.1 Å². The molecule has 0 saturated carbocycles. The predicted octanol–water partition coefficient (Wildman–Crippen LogP) is 1.82. The molecule has 1 aromatic carbocycles. The van der Waals surface area contributed by atoms with Crippen LogP contribution in [0.4, 0.5) is 10.5 Å². The highest BCUT2D eigenvalue weighted by molar-refractivity contribution is 5.89. The van der Waals surface area contributed by atoms with Crippen molar-refractivity contribution in [1.29, 1.82) is 0 Å². The minimum absolute atomic E-state index is 0.184. The van der Waals surface area contributed by atoms with Gasteiger partial charge in [0.25, 0.3) is 0 Å². The van der Waals surface area contributed by atoms with Gasteiger partial charge in [-0.3, -0.25) is 0 Å². The number of ether oxygens (including phenoxy) is 2. The molecule has 2 aliphatic heterocycles. The van der Waals surface area contributed by atoms with Crippen molar-refractivity contribution >= 4 is 11.7 Å². The fraction of sp³-hybridized carbons (Fsp3) is 0.632. The first-order valence-corrected chi connectivity index (χ1v) is 9.33. The highest BCUT2D eigenvalue weighted by Crippen LogP contribution is 2.21. The summed E-state index contributed by atoms with van der Waals surface area (Å²) in [4.78, 5) is 14.2. The van der Waals surface area contributed by atoms with Gasteiger partial charge in [-0.05, 0) is 57.0 Å². The van der Waals surface area contributed by atoms with Crippen LogP contribution in [0.15, 0.2) is 24.3 Å². The summed E-state index contributed by atoms with van der Waals surface area (Å²) in [5.41, 5.74) is -0.133. The molecule has 1 unspecified atom stereocenters. The summed E-state index contributed by atoms with van der Waals surface area (Å²) in [6, 6.07) is 6.94. The van der Waals surface area contributed by atoms with E-state index in [0.29, 0.717) is 25.1 Å². The first-order valence-electron chi connectivity index (χ1n) is 9.33. The van der Waals surface area contributed by atoms with Crippen LogP contribution < -0.4 is 15.4 Å². The number of rotatable bonds is 6. The van der Waals surface area contributed by atoms with E-state index >= 15 is 0 Å². The summed E-state index contributed by atoms with van der Waals surface area (Å²) in [5.74, 6) is 0.757. The molecule has 3 rings (SSSR count). The van der Waals surface area contributed by atoms with Gasteiger partial charge < -0.3 is 30.1 Å². The maximum absolute atomic E-state index is 12.1. The van der Waals surface area contributed by atoms with E-state index in [1.807, 2.05) is 19.2 Å². The Morgan fingerprint density at radius 3 is 2.73 bits per heavy atom. The van der Waals surface area contributed by atoms with Crippen LogP contribution in [0.1, 0.15) is 25.7 Å². The monoisotopic (exact) mass is 363 g/mol. The molecule has 2 aliphatic rings.